The molecule has 5 atom stereocenters. The summed E-state index contributed by atoms with van der Waals surface area (Å²) in [6.07, 6.45) is -5.36. The van der Waals surface area contributed by atoms with E-state index in [-0.39, 0.29) is 19.8 Å². The van der Waals surface area contributed by atoms with Crippen molar-refractivity contribution in [3.05, 3.63) is 108 Å². The number of carbonyl (C=O) groups excluding carboxylic acids is 1. The normalized spacial score (nSPS) is 24.4. The van der Waals surface area contributed by atoms with Crippen molar-refractivity contribution in [1.82, 2.24) is 0 Å². The van der Waals surface area contributed by atoms with Gasteiger partial charge in [-0.2, -0.15) is 0 Å². The summed E-state index contributed by atoms with van der Waals surface area (Å²) >= 11 is 0. The van der Waals surface area contributed by atoms with E-state index in [1.807, 2.05) is 91.0 Å². The van der Waals surface area contributed by atoms with E-state index >= 15 is 0 Å². The maximum Gasteiger partial charge on any atom is 0.197 e. The minimum Gasteiger partial charge on any atom is -0.380 e. The Morgan fingerprint density at radius 1 is 0.750 bits per heavy atom. The number of benzene rings is 3. The van der Waals surface area contributed by atoms with Crippen LogP contribution in [-0.2, 0) is 48.3 Å². The SMILES string of the molecule is CO[C@H]1O[C@H](COCc2ccccc2)[C@@H](OCc2ccccc2)[C@H](OCc2ccccc2)C(=O)[C@@H]1O. The lowest BCUT2D eigenvalue weighted by Crippen LogP contribution is -2.48. The average molecular weight is 493 g/mol. The van der Waals surface area contributed by atoms with E-state index in [0.29, 0.717) is 6.61 Å². The van der Waals surface area contributed by atoms with Gasteiger partial charge in [0.25, 0.3) is 0 Å². The molecule has 0 spiro atoms. The third kappa shape index (κ3) is 7.07. The lowest BCUT2D eigenvalue weighted by molar-refractivity contribution is -0.225. The zero-order chi connectivity index (χ0) is 25.2. The molecule has 1 fully saturated rings. The van der Waals surface area contributed by atoms with E-state index in [1.54, 1.807) is 0 Å². The summed E-state index contributed by atoms with van der Waals surface area (Å²) in [4.78, 5) is 13.3. The highest BCUT2D eigenvalue weighted by molar-refractivity contribution is 5.88. The molecule has 0 bridgehead atoms. The Morgan fingerprint density at radius 2 is 1.25 bits per heavy atom. The van der Waals surface area contributed by atoms with Crippen LogP contribution in [-0.4, -0.2) is 55.3 Å². The van der Waals surface area contributed by atoms with Crippen LogP contribution in [0, 0.1) is 0 Å². The zero-order valence-corrected chi connectivity index (χ0v) is 20.3. The summed E-state index contributed by atoms with van der Waals surface area (Å²) in [6.45, 7) is 0.871. The summed E-state index contributed by atoms with van der Waals surface area (Å²) in [7, 11) is 1.38. The largest absolute Gasteiger partial charge is 0.380 e. The Hall–Kier alpha value is -2.91. The van der Waals surface area contributed by atoms with Crippen LogP contribution in [0.3, 0.4) is 0 Å². The van der Waals surface area contributed by atoms with Crippen LogP contribution in [0.5, 0.6) is 0 Å². The van der Waals surface area contributed by atoms with Gasteiger partial charge in [0.1, 0.15) is 18.3 Å². The van der Waals surface area contributed by atoms with Gasteiger partial charge < -0.3 is 28.8 Å². The summed E-state index contributed by atoms with van der Waals surface area (Å²) < 4.78 is 29.7. The van der Waals surface area contributed by atoms with Crippen molar-refractivity contribution in [2.75, 3.05) is 13.7 Å². The Labute approximate surface area is 211 Å². The van der Waals surface area contributed by atoms with Gasteiger partial charge in [-0.05, 0) is 16.7 Å². The minimum atomic E-state index is -1.53. The standard InChI is InChI=1S/C29H32O7/c1-32-29-26(31)25(30)28(35-19-23-15-9-4-10-16-23)27(34-18-22-13-7-3-8-14-22)24(36-29)20-33-17-21-11-5-2-6-12-21/h2-16,24,26-29,31H,17-20H2,1H3/t24-,26+,27-,28-,29+/m1/s1. The highest BCUT2D eigenvalue weighted by atomic mass is 16.7. The van der Waals surface area contributed by atoms with Gasteiger partial charge in [0.2, 0.25) is 0 Å². The van der Waals surface area contributed by atoms with Gasteiger partial charge in [-0.3, -0.25) is 4.79 Å². The van der Waals surface area contributed by atoms with Crippen LogP contribution in [0.25, 0.3) is 0 Å². The Kier molecular flexibility index (Phi) is 9.75. The molecule has 1 heterocycles. The second kappa shape index (κ2) is 13.4. The predicted octanol–water partition coefficient (Wildman–Crippen LogP) is 3.68. The van der Waals surface area contributed by atoms with Gasteiger partial charge in [0, 0.05) is 7.11 Å². The average Bonchev–Trinajstić information content (AvgIpc) is 3.02. The molecule has 7 heteroatoms. The molecule has 1 N–H and O–H groups in total. The highest BCUT2D eigenvalue weighted by Gasteiger charge is 2.47. The monoisotopic (exact) mass is 492 g/mol. The number of ketones is 1. The number of carbonyl (C=O) groups is 1. The number of ether oxygens (including phenoxy) is 5. The van der Waals surface area contributed by atoms with Crippen LogP contribution in [0.4, 0.5) is 0 Å². The van der Waals surface area contributed by atoms with Crippen molar-refractivity contribution in [2.45, 2.75) is 50.5 Å². The van der Waals surface area contributed by atoms with Crippen LogP contribution in [0.2, 0.25) is 0 Å². The molecule has 0 unspecified atom stereocenters. The molecule has 0 radical (unpaired) electrons. The number of Topliss-reactive ketones (excluding diaryl/α,β-unsaturated/α-hetero) is 1. The topological polar surface area (TPSA) is 83.5 Å². The fourth-order valence-corrected chi connectivity index (χ4v) is 4.07. The highest BCUT2D eigenvalue weighted by Crippen LogP contribution is 2.26. The Bertz CT molecular complexity index is 1040. The number of rotatable bonds is 11. The molecule has 4 rings (SSSR count). The molecular formula is C29H32O7. The number of aliphatic hydroxyl groups is 1. The zero-order valence-electron chi connectivity index (χ0n) is 20.3. The fraction of sp³-hybridized carbons (Fsp3) is 0.345. The maximum absolute atomic E-state index is 13.3. The van der Waals surface area contributed by atoms with Gasteiger partial charge in [0.05, 0.1) is 26.4 Å². The van der Waals surface area contributed by atoms with E-state index < -0.39 is 36.5 Å². The molecule has 190 valence electrons. The van der Waals surface area contributed by atoms with Gasteiger partial charge in [-0.25, -0.2) is 0 Å². The van der Waals surface area contributed by atoms with E-state index in [2.05, 4.69) is 0 Å². The van der Waals surface area contributed by atoms with E-state index in [0.717, 1.165) is 16.7 Å². The van der Waals surface area contributed by atoms with E-state index in [1.165, 1.54) is 7.11 Å². The number of methoxy groups -OCH3 is 1. The summed E-state index contributed by atoms with van der Waals surface area (Å²) in [5.74, 6) is -0.554. The molecule has 1 aliphatic heterocycles. The third-order valence-electron chi connectivity index (χ3n) is 5.99. The van der Waals surface area contributed by atoms with E-state index in [4.69, 9.17) is 23.7 Å². The van der Waals surface area contributed by atoms with Crippen LogP contribution in [0.15, 0.2) is 91.0 Å². The second-order valence-corrected chi connectivity index (χ2v) is 8.60. The molecule has 0 aliphatic carbocycles. The first kappa shape index (κ1) is 26.2. The summed E-state index contributed by atoms with van der Waals surface area (Å²) in [6, 6.07) is 28.9. The Morgan fingerprint density at radius 3 is 1.78 bits per heavy atom. The van der Waals surface area contributed by atoms with Crippen molar-refractivity contribution in [1.29, 1.82) is 0 Å². The summed E-state index contributed by atoms with van der Waals surface area (Å²) in [5, 5.41) is 10.7. The molecular weight excluding hydrogens is 460 g/mol. The van der Waals surface area contributed by atoms with Crippen molar-refractivity contribution >= 4 is 5.78 Å². The summed E-state index contributed by atoms with van der Waals surface area (Å²) in [5.41, 5.74) is 2.83. The number of hydrogen-bond donors (Lipinski definition) is 1. The minimum absolute atomic E-state index is 0.111. The van der Waals surface area contributed by atoms with Crippen molar-refractivity contribution < 1.29 is 33.6 Å². The molecule has 1 saturated heterocycles. The second-order valence-electron chi connectivity index (χ2n) is 8.60. The van der Waals surface area contributed by atoms with Crippen molar-refractivity contribution in [3.8, 4) is 0 Å². The molecule has 0 amide bonds. The first-order valence-corrected chi connectivity index (χ1v) is 12.0. The predicted molar refractivity (Wildman–Crippen MR) is 133 cm³/mol. The molecule has 36 heavy (non-hydrogen) atoms. The lowest BCUT2D eigenvalue weighted by Gasteiger charge is -2.30. The molecule has 3 aromatic rings. The van der Waals surface area contributed by atoms with Crippen LogP contribution >= 0.6 is 0 Å². The smallest absolute Gasteiger partial charge is 0.197 e. The third-order valence-corrected chi connectivity index (χ3v) is 5.99. The first-order chi connectivity index (χ1) is 17.7. The fourth-order valence-electron chi connectivity index (χ4n) is 4.07. The van der Waals surface area contributed by atoms with Crippen molar-refractivity contribution in [3.63, 3.8) is 0 Å². The van der Waals surface area contributed by atoms with Gasteiger partial charge in [0.15, 0.2) is 18.2 Å². The number of aliphatic hydroxyl groups excluding tert-OH is 1. The maximum atomic E-state index is 13.3. The van der Waals surface area contributed by atoms with Crippen LogP contribution in [0.1, 0.15) is 16.7 Å². The van der Waals surface area contributed by atoms with E-state index in [9.17, 15) is 9.90 Å². The molecule has 0 aromatic heterocycles. The molecule has 7 nitrogen and oxygen atoms in total. The lowest BCUT2D eigenvalue weighted by atomic mass is 10.0. The van der Waals surface area contributed by atoms with Crippen molar-refractivity contribution in [2.24, 2.45) is 0 Å². The molecule has 3 aromatic carbocycles. The first-order valence-electron chi connectivity index (χ1n) is 12.0. The quantitative estimate of drug-likeness (QED) is 0.437. The number of hydrogen-bond acceptors (Lipinski definition) is 7. The van der Waals surface area contributed by atoms with Gasteiger partial charge in [-0.1, -0.05) is 91.0 Å². The molecule has 0 saturated carbocycles. The Balaban J connectivity index is 1.56. The van der Waals surface area contributed by atoms with Gasteiger partial charge in [-0.15, -0.1) is 0 Å². The van der Waals surface area contributed by atoms with Gasteiger partial charge >= 0.3 is 0 Å². The van der Waals surface area contributed by atoms with Crippen LogP contribution < -0.4 is 0 Å². The molecule has 1 aliphatic rings.